The zero-order valence-electron chi connectivity index (χ0n) is 14.5. The Morgan fingerprint density at radius 3 is 2.56 bits per heavy atom. The number of nitrogens with zero attached hydrogens (tertiary/aromatic N) is 2. The first-order valence-electron chi connectivity index (χ1n) is 8.32. The van der Waals surface area contributed by atoms with Gasteiger partial charge in [0.15, 0.2) is 5.78 Å². The molecule has 25 heavy (non-hydrogen) atoms. The van der Waals surface area contributed by atoms with Gasteiger partial charge in [0, 0.05) is 30.8 Å². The van der Waals surface area contributed by atoms with Crippen molar-refractivity contribution in [1.82, 2.24) is 14.7 Å². The number of imidazole rings is 1. The highest BCUT2D eigenvalue weighted by atomic mass is 16.2. The van der Waals surface area contributed by atoms with Gasteiger partial charge in [-0.25, -0.2) is 4.98 Å². The molecule has 128 valence electrons. The van der Waals surface area contributed by atoms with Crippen molar-refractivity contribution in [2.24, 2.45) is 0 Å². The fourth-order valence-corrected chi connectivity index (χ4v) is 2.61. The van der Waals surface area contributed by atoms with Gasteiger partial charge in [0.05, 0.1) is 12.2 Å². The molecule has 3 aromatic rings. The molecule has 0 bridgehead atoms. The van der Waals surface area contributed by atoms with Crippen molar-refractivity contribution in [2.75, 3.05) is 0 Å². The predicted molar refractivity (Wildman–Crippen MR) is 96.5 cm³/mol. The van der Waals surface area contributed by atoms with E-state index in [1.165, 1.54) is 0 Å². The van der Waals surface area contributed by atoms with Crippen LogP contribution >= 0.6 is 0 Å². The fourth-order valence-electron chi connectivity index (χ4n) is 2.61. The topological polar surface area (TPSA) is 63.5 Å². The second kappa shape index (κ2) is 7.30. The summed E-state index contributed by atoms with van der Waals surface area (Å²) in [6.07, 6.45) is 4.23. The number of ketones is 1. The standard InChI is InChI=1S/C20H21N3O2/c1-14-3-5-16(6-4-14)18(24)7-8-20(25)21-12-17-13-23-10-9-15(2)11-19(23)22-17/h3-6,9-11,13H,7-8,12H2,1-2H3,(H,21,25). The molecule has 1 N–H and O–H groups in total. The van der Waals surface area contributed by atoms with Crippen molar-refractivity contribution in [2.45, 2.75) is 33.2 Å². The Hall–Kier alpha value is -2.95. The molecule has 0 aliphatic carbocycles. The number of aromatic nitrogens is 2. The Labute approximate surface area is 146 Å². The Balaban J connectivity index is 1.50. The zero-order valence-corrected chi connectivity index (χ0v) is 14.5. The summed E-state index contributed by atoms with van der Waals surface area (Å²) in [4.78, 5) is 28.5. The van der Waals surface area contributed by atoms with Gasteiger partial charge < -0.3 is 9.72 Å². The monoisotopic (exact) mass is 335 g/mol. The van der Waals surface area contributed by atoms with Crippen LogP contribution in [0.2, 0.25) is 0 Å². The van der Waals surface area contributed by atoms with E-state index in [2.05, 4.69) is 10.3 Å². The molecule has 5 nitrogen and oxygen atoms in total. The number of hydrogen-bond acceptors (Lipinski definition) is 3. The van der Waals surface area contributed by atoms with Crippen molar-refractivity contribution in [3.8, 4) is 0 Å². The maximum Gasteiger partial charge on any atom is 0.220 e. The average Bonchev–Trinajstić information content (AvgIpc) is 3.00. The van der Waals surface area contributed by atoms with Gasteiger partial charge in [-0.05, 0) is 31.5 Å². The lowest BCUT2D eigenvalue weighted by molar-refractivity contribution is -0.121. The van der Waals surface area contributed by atoms with Crippen LogP contribution in [0.25, 0.3) is 5.65 Å². The Kier molecular flexibility index (Phi) is 4.93. The normalized spacial score (nSPS) is 10.8. The van der Waals surface area contributed by atoms with E-state index >= 15 is 0 Å². The summed E-state index contributed by atoms with van der Waals surface area (Å²) >= 11 is 0. The van der Waals surface area contributed by atoms with E-state index in [1.54, 1.807) is 12.1 Å². The van der Waals surface area contributed by atoms with Crippen molar-refractivity contribution in [1.29, 1.82) is 0 Å². The molecule has 1 amide bonds. The maximum atomic E-state index is 12.1. The summed E-state index contributed by atoms with van der Waals surface area (Å²) in [5, 5.41) is 2.82. The van der Waals surface area contributed by atoms with Crippen LogP contribution in [0.4, 0.5) is 0 Å². The Morgan fingerprint density at radius 2 is 1.80 bits per heavy atom. The number of fused-ring (bicyclic) bond motifs is 1. The van der Waals surface area contributed by atoms with Crippen molar-refractivity contribution >= 4 is 17.3 Å². The number of aryl methyl sites for hydroxylation is 2. The fraction of sp³-hybridized carbons (Fsp3) is 0.250. The van der Waals surface area contributed by atoms with Gasteiger partial charge in [0.2, 0.25) is 5.91 Å². The number of hydrogen-bond donors (Lipinski definition) is 1. The molecule has 5 heteroatoms. The highest BCUT2D eigenvalue weighted by molar-refractivity contribution is 5.97. The lowest BCUT2D eigenvalue weighted by Crippen LogP contribution is -2.23. The van der Waals surface area contributed by atoms with Crippen LogP contribution in [-0.2, 0) is 11.3 Å². The van der Waals surface area contributed by atoms with Crippen LogP contribution in [0.3, 0.4) is 0 Å². The molecule has 0 radical (unpaired) electrons. The number of pyridine rings is 1. The number of amides is 1. The molecular formula is C20H21N3O2. The molecule has 1 aromatic carbocycles. The second-order valence-electron chi connectivity index (χ2n) is 6.27. The highest BCUT2D eigenvalue weighted by Gasteiger charge is 2.10. The number of carbonyl (C=O) groups is 2. The van der Waals surface area contributed by atoms with Gasteiger partial charge in [0.25, 0.3) is 0 Å². The van der Waals surface area contributed by atoms with E-state index in [0.717, 1.165) is 22.5 Å². The Bertz CT molecular complexity index is 910. The van der Waals surface area contributed by atoms with Crippen molar-refractivity contribution in [3.05, 3.63) is 71.2 Å². The molecule has 0 unspecified atom stereocenters. The SMILES string of the molecule is Cc1ccc(C(=O)CCC(=O)NCc2cn3ccc(C)cc3n2)cc1. The molecular weight excluding hydrogens is 314 g/mol. The molecule has 0 saturated carbocycles. The summed E-state index contributed by atoms with van der Waals surface area (Å²) < 4.78 is 1.93. The number of carbonyl (C=O) groups excluding carboxylic acids is 2. The quantitative estimate of drug-likeness (QED) is 0.704. The number of nitrogens with one attached hydrogen (secondary N) is 1. The minimum absolute atomic E-state index is 0.0154. The van der Waals surface area contributed by atoms with E-state index in [9.17, 15) is 9.59 Å². The number of benzene rings is 1. The van der Waals surface area contributed by atoms with E-state index in [-0.39, 0.29) is 24.5 Å². The maximum absolute atomic E-state index is 12.1. The third kappa shape index (κ3) is 4.32. The predicted octanol–water partition coefficient (Wildman–Crippen LogP) is 3.23. The molecule has 0 aliphatic rings. The highest BCUT2D eigenvalue weighted by Crippen LogP contribution is 2.09. The average molecular weight is 335 g/mol. The molecule has 0 spiro atoms. The van der Waals surface area contributed by atoms with Crippen LogP contribution in [0, 0.1) is 13.8 Å². The van der Waals surface area contributed by atoms with Crippen LogP contribution in [-0.4, -0.2) is 21.1 Å². The van der Waals surface area contributed by atoms with E-state index < -0.39 is 0 Å². The van der Waals surface area contributed by atoms with Crippen molar-refractivity contribution < 1.29 is 9.59 Å². The smallest absolute Gasteiger partial charge is 0.220 e. The van der Waals surface area contributed by atoms with Crippen LogP contribution in [0.1, 0.15) is 40.0 Å². The summed E-state index contributed by atoms with van der Waals surface area (Å²) in [6, 6.07) is 11.4. The van der Waals surface area contributed by atoms with Crippen LogP contribution in [0.15, 0.2) is 48.8 Å². The third-order valence-corrected chi connectivity index (χ3v) is 4.08. The van der Waals surface area contributed by atoms with Gasteiger partial charge in [-0.3, -0.25) is 9.59 Å². The lowest BCUT2D eigenvalue weighted by atomic mass is 10.1. The minimum atomic E-state index is -0.145. The molecule has 2 aromatic heterocycles. The summed E-state index contributed by atoms with van der Waals surface area (Å²) in [5.74, 6) is -0.160. The van der Waals surface area contributed by atoms with E-state index in [0.29, 0.717) is 12.1 Å². The van der Waals surface area contributed by atoms with E-state index in [1.807, 2.05) is 54.9 Å². The van der Waals surface area contributed by atoms with E-state index in [4.69, 9.17) is 0 Å². The second-order valence-corrected chi connectivity index (χ2v) is 6.27. The number of Topliss-reactive ketones (excluding diaryl/α,β-unsaturated/α-hetero) is 1. The third-order valence-electron chi connectivity index (χ3n) is 4.08. The van der Waals surface area contributed by atoms with Crippen molar-refractivity contribution in [3.63, 3.8) is 0 Å². The van der Waals surface area contributed by atoms with Crippen LogP contribution in [0.5, 0.6) is 0 Å². The molecule has 0 saturated heterocycles. The summed E-state index contributed by atoms with van der Waals surface area (Å²) in [6.45, 7) is 4.35. The van der Waals surface area contributed by atoms with Gasteiger partial charge in [-0.15, -0.1) is 0 Å². The molecule has 2 heterocycles. The molecule has 3 rings (SSSR count). The molecule has 0 aliphatic heterocycles. The van der Waals surface area contributed by atoms with Gasteiger partial charge in [-0.1, -0.05) is 29.8 Å². The first-order valence-corrected chi connectivity index (χ1v) is 8.32. The molecule has 0 atom stereocenters. The largest absolute Gasteiger partial charge is 0.350 e. The van der Waals surface area contributed by atoms with Gasteiger partial charge >= 0.3 is 0 Å². The zero-order chi connectivity index (χ0) is 17.8. The Morgan fingerprint density at radius 1 is 1.04 bits per heavy atom. The van der Waals surface area contributed by atoms with Crippen LogP contribution < -0.4 is 5.32 Å². The summed E-state index contributed by atoms with van der Waals surface area (Å²) in [5.41, 5.74) is 4.55. The first kappa shape index (κ1) is 16.9. The molecule has 0 fully saturated rings. The number of rotatable bonds is 6. The summed E-state index contributed by atoms with van der Waals surface area (Å²) in [7, 11) is 0. The lowest BCUT2D eigenvalue weighted by Gasteiger charge is -2.03. The minimum Gasteiger partial charge on any atom is -0.350 e. The van der Waals surface area contributed by atoms with Gasteiger partial charge in [-0.2, -0.15) is 0 Å². The first-order chi connectivity index (χ1) is 12.0. The van der Waals surface area contributed by atoms with Gasteiger partial charge in [0.1, 0.15) is 5.65 Å².